The van der Waals surface area contributed by atoms with Crippen molar-refractivity contribution in [1.29, 1.82) is 0 Å². The first-order chi connectivity index (χ1) is 6.58. The highest BCUT2D eigenvalue weighted by Crippen LogP contribution is 2.37. The summed E-state index contributed by atoms with van der Waals surface area (Å²) in [7, 11) is 6.16. The van der Waals surface area contributed by atoms with Crippen molar-refractivity contribution in [3.8, 4) is 0 Å². The molecular weight excluding hydrogens is 220 g/mol. The third kappa shape index (κ3) is 3.89. The van der Waals surface area contributed by atoms with Crippen molar-refractivity contribution in [3.63, 3.8) is 0 Å². The van der Waals surface area contributed by atoms with Crippen molar-refractivity contribution in [2.45, 2.75) is 0 Å². The Morgan fingerprint density at radius 3 is 1.57 bits per heavy atom. The smallest absolute Gasteiger partial charge is 0.229 e. The Bertz CT molecular complexity index is 303. The molecule has 0 unspecified atom stereocenters. The molecule has 0 radical (unpaired) electrons. The van der Waals surface area contributed by atoms with E-state index in [0.717, 1.165) is 19.3 Å². The van der Waals surface area contributed by atoms with Gasteiger partial charge in [0.05, 0.1) is 9.81 Å². The Labute approximate surface area is 90.3 Å². The molecule has 0 bridgehead atoms. The summed E-state index contributed by atoms with van der Waals surface area (Å²) in [5.74, 6) is 0. The second-order valence-corrected chi connectivity index (χ2v) is 4.99. The minimum atomic E-state index is 0.956. The monoisotopic (exact) mass is 232 g/mol. The zero-order chi connectivity index (χ0) is 10.6. The van der Waals surface area contributed by atoms with Crippen LogP contribution >= 0.6 is 21.6 Å². The van der Waals surface area contributed by atoms with Gasteiger partial charge in [0.2, 0.25) is 12.4 Å². The molecule has 0 aromatic carbocycles. The lowest BCUT2D eigenvalue weighted by molar-refractivity contribution is -0.750. The van der Waals surface area contributed by atoms with Gasteiger partial charge < -0.3 is 0 Å². The highest BCUT2D eigenvalue weighted by atomic mass is 33.1. The third-order valence-electron chi connectivity index (χ3n) is 1.27. The number of hydrogen-bond donors (Lipinski definition) is 2. The van der Waals surface area contributed by atoms with Gasteiger partial charge in [0, 0.05) is 0 Å². The van der Waals surface area contributed by atoms with Gasteiger partial charge in [-0.15, -0.1) is 0 Å². The largest absolute Gasteiger partial charge is 0.291 e. The summed E-state index contributed by atoms with van der Waals surface area (Å²) in [5.41, 5.74) is 0. The van der Waals surface area contributed by atoms with Gasteiger partial charge in [-0.3, -0.25) is 10.4 Å². The molecular formula is C8H12N2O2S2+2. The van der Waals surface area contributed by atoms with Crippen LogP contribution in [-0.2, 0) is 0 Å². The molecule has 0 amide bonds. The van der Waals surface area contributed by atoms with E-state index in [4.69, 9.17) is 10.4 Å². The van der Waals surface area contributed by atoms with Crippen LogP contribution in [0.5, 0.6) is 0 Å². The van der Waals surface area contributed by atoms with Gasteiger partial charge in [-0.2, -0.15) is 0 Å². The second-order valence-electron chi connectivity index (χ2n) is 2.71. The first-order valence-corrected chi connectivity index (χ1v) is 6.02. The summed E-state index contributed by atoms with van der Waals surface area (Å²) < 4.78 is 2.03. The van der Waals surface area contributed by atoms with Crippen LogP contribution in [0.2, 0.25) is 0 Å². The molecule has 0 saturated carbocycles. The van der Waals surface area contributed by atoms with Gasteiger partial charge in [-0.05, 0) is 43.2 Å². The van der Waals surface area contributed by atoms with Crippen molar-refractivity contribution >= 4 is 34.0 Å². The average Bonchev–Trinajstić information content (AvgIpc) is 2.06. The molecule has 0 aromatic rings. The van der Waals surface area contributed by atoms with Crippen LogP contribution in [-0.4, -0.2) is 46.4 Å². The topological polar surface area (TPSA) is 46.5 Å². The zero-order valence-electron chi connectivity index (χ0n) is 7.91. The Morgan fingerprint density at radius 2 is 1.36 bits per heavy atom. The van der Waals surface area contributed by atoms with E-state index in [1.54, 1.807) is 26.5 Å². The number of rotatable bonds is 2. The summed E-state index contributed by atoms with van der Waals surface area (Å²) >= 11 is 0. The van der Waals surface area contributed by atoms with E-state index in [9.17, 15) is 0 Å². The van der Waals surface area contributed by atoms with Gasteiger partial charge in [-0.1, -0.05) is 0 Å². The van der Waals surface area contributed by atoms with Crippen molar-refractivity contribution in [2.24, 2.45) is 0 Å². The molecule has 76 valence electrons. The lowest BCUT2D eigenvalue weighted by Crippen LogP contribution is -2.03. The highest BCUT2D eigenvalue weighted by Gasteiger charge is 2.10. The van der Waals surface area contributed by atoms with Gasteiger partial charge in [0.15, 0.2) is 14.1 Å². The maximum atomic E-state index is 8.95. The number of hydroxylamine groups is 2. The fraction of sp³-hybridized carbons (Fsp3) is 0.250. The molecule has 14 heavy (non-hydrogen) atoms. The van der Waals surface area contributed by atoms with Crippen LogP contribution in [0.4, 0.5) is 0 Å². The first kappa shape index (κ1) is 11.2. The molecule has 1 aliphatic heterocycles. The molecule has 0 saturated heterocycles. The number of allylic oxidation sites excluding steroid dienone is 4. The Balaban J connectivity index is 2.74. The van der Waals surface area contributed by atoms with Crippen molar-refractivity contribution in [1.82, 2.24) is 0 Å². The van der Waals surface area contributed by atoms with Gasteiger partial charge in [0.25, 0.3) is 0 Å². The van der Waals surface area contributed by atoms with Crippen molar-refractivity contribution < 1.29 is 19.9 Å². The molecule has 2 N–H and O–H groups in total. The molecule has 4 nitrogen and oxygen atoms in total. The fourth-order valence-corrected chi connectivity index (χ4v) is 2.81. The fourth-order valence-electron chi connectivity index (χ4n) is 0.813. The third-order valence-corrected chi connectivity index (χ3v) is 3.63. The molecule has 0 aromatic heterocycles. The number of nitrogens with zero attached hydrogens (tertiary/aromatic N) is 2. The predicted octanol–water partition coefficient (Wildman–Crippen LogP) is 1.35. The summed E-state index contributed by atoms with van der Waals surface area (Å²) in [6.45, 7) is 0. The minimum Gasteiger partial charge on any atom is -0.291 e. The Kier molecular flexibility index (Phi) is 4.09. The van der Waals surface area contributed by atoms with E-state index in [0.29, 0.717) is 0 Å². The molecule has 0 aliphatic carbocycles. The number of hydrogen-bond acceptors (Lipinski definition) is 4. The summed E-state index contributed by atoms with van der Waals surface area (Å²) in [6.07, 6.45) is 6.99. The highest BCUT2D eigenvalue weighted by molar-refractivity contribution is 8.80. The van der Waals surface area contributed by atoms with E-state index < -0.39 is 0 Å². The molecule has 0 atom stereocenters. The summed E-state index contributed by atoms with van der Waals surface area (Å²) in [6, 6.07) is 0. The van der Waals surface area contributed by atoms with E-state index in [1.165, 1.54) is 21.6 Å². The second kappa shape index (κ2) is 5.11. The molecule has 6 heteroatoms. The van der Waals surface area contributed by atoms with E-state index in [2.05, 4.69) is 0 Å². The Morgan fingerprint density at radius 1 is 1.00 bits per heavy atom. The van der Waals surface area contributed by atoms with Crippen LogP contribution in [0.15, 0.2) is 22.0 Å². The SMILES string of the molecule is C[N+](O)=CC1=CC=C(C=[N+](C)O)SS1. The molecule has 1 aliphatic rings. The Hall–Kier alpha value is -0.880. The minimum absolute atomic E-state index is 0.956. The van der Waals surface area contributed by atoms with Crippen LogP contribution in [0.3, 0.4) is 0 Å². The van der Waals surface area contributed by atoms with E-state index in [-0.39, 0.29) is 0 Å². The van der Waals surface area contributed by atoms with Gasteiger partial charge in [-0.25, -0.2) is 0 Å². The van der Waals surface area contributed by atoms with Crippen molar-refractivity contribution in [2.75, 3.05) is 14.1 Å². The predicted molar refractivity (Wildman–Crippen MR) is 59.4 cm³/mol. The first-order valence-electron chi connectivity index (χ1n) is 3.87. The van der Waals surface area contributed by atoms with Crippen LogP contribution in [0, 0.1) is 0 Å². The molecule has 1 heterocycles. The average molecular weight is 232 g/mol. The van der Waals surface area contributed by atoms with Crippen molar-refractivity contribution in [3.05, 3.63) is 22.0 Å². The molecule has 0 spiro atoms. The molecule has 1 rings (SSSR count). The lowest BCUT2D eigenvalue weighted by Gasteiger charge is -2.02. The molecule has 0 fully saturated rings. The van der Waals surface area contributed by atoms with Crippen LogP contribution < -0.4 is 0 Å². The van der Waals surface area contributed by atoms with Gasteiger partial charge >= 0.3 is 0 Å². The standard InChI is InChI=1S/C8H12N2O2S2/c1-9(11)5-7-3-4-8(14-13-7)6-10(2)12/h3-6,11-12H,1-2H3/q+2. The van der Waals surface area contributed by atoms with Gasteiger partial charge in [0.1, 0.15) is 0 Å². The van der Waals surface area contributed by atoms with E-state index in [1.807, 2.05) is 12.2 Å². The lowest BCUT2D eigenvalue weighted by atomic mass is 10.4. The summed E-state index contributed by atoms with van der Waals surface area (Å²) in [5, 5.41) is 17.9. The maximum absolute atomic E-state index is 8.95. The summed E-state index contributed by atoms with van der Waals surface area (Å²) in [4.78, 5) is 1.91. The van der Waals surface area contributed by atoms with Crippen LogP contribution in [0.1, 0.15) is 0 Å². The normalized spacial score (nSPS) is 19.0. The maximum Gasteiger partial charge on any atom is 0.229 e. The van der Waals surface area contributed by atoms with E-state index >= 15 is 0 Å². The van der Waals surface area contributed by atoms with Crippen LogP contribution in [0.25, 0.3) is 0 Å². The quantitative estimate of drug-likeness (QED) is 0.248. The zero-order valence-corrected chi connectivity index (χ0v) is 9.55.